The zero-order chi connectivity index (χ0) is 35.1. The lowest BCUT2D eigenvalue weighted by Crippen LogP contribution is -2.42. The van der Waals surface area contributed by atoms with E-state index in [0.29, 0.717) is 64.6 Å². The quantitative estimate of drug-likeness (QED) is 0.114. The molecule has 3 aromatic carbocycles. The fourth-order valence-electron chi connectivity index (χ4n) is 7.30. The van der Waals surface area contributed by atoms with E-state index in [4.69, 9.17) is 17.8 Å². The molecular weight excluding hydrogens is 657 g/mol. The van der Waals surface area contributed by atoms with Crippen molar-refractivity contribution in [2.75, 3.05) is 25.6 Å². The summed E-state index contributed by atoms with van der Waals surface area (Å²) in [5.41, 5.74) is -1.39. The summed E-state index contributed by atoms with van der Waals surface area (Å²) in [5.74, 6) is 2.02. The van der Waals surface area contributed by atoms with Crippen LogP contribution in [0.5, 0.6) is 17.2 Å². The maximum absolute atomic E-state index is 14.6. The van der Waals surface area contributed by atoms with E-state index in [2.05, 4.69) is 34.6 Å². The van der Waals surface area contributed by atoms with Gasteiger partial charge in [-0.2, -0.15) is 8.42 Å². The summed E-state index contributed by atoms with van der Waals surface area (Å²) in [7, 11) is -7.18. The molecule has 0 aliphatic heterocycles. The predicted molar refractivity (Wildman–Crippen MR) is 196 cm³/mol. The largest absolute Gasteiger partial charge is 0.494 e. The molecule has 9 heteroatoms. The Morgan fingerprint density at radius 3 is 1.35 bits per heavy atom. The molecule has 7 nitrogen and oxygen atoms in total. The Morgan fingerprint density at radius 2 is 1.04 bits per heavy atom. The third kappa shape index (κ3) is 7.84. The van der Waals surface area contributed by atoms with E-state index in [1.807, 2.05) is 72.8 Å². The monoisotopic (exact) mass is 710 g/mol. The number of rotatable bonds is 19. The molecule has 2 unspecified atom stereocenters. The molecule has 2 atom stereocenters. The van der Waals surface area contributed by atoms with Crippen LogP contribution in [-0.2, 0) is 18.5 Å². The van der Waals surface area contributed by atoms with Gasteiger partial charge in [0.1, 0.15) is 23.0 Å². The molecule has 0 aromatic heterocycles. The second kappa shape index (κ2) is 15.9. The van der Waals surface area contributed by atoms with Gasteiger partial charge >= 0.3 is 0 Å². The van der Waals surface area contributed by atoms with Crippen LogP contribution in [-0.4, -0.2) is 39.8 Å². The molecule has 0 spiro atoms. The van der Waals surface area contributed by atoms with Gasteiger partial charge in [-0.3, -0.25) is 4.79 Å². The molecule has 2 fully saturated rings. The van der Waals surface area contributed by atoms with Crippen LogP contribution in [0.2, 0.25) is 0 Å². The first-order valence-corrected chi connectivity index (χ1v) is 21.1. The number of hydrogen-bond donors (Lipinski definition) is 0. The highest BCUT2D eigenvalue weighted by atomic mass is 32.3. The first kappa shape index (κ1) is 37.3. The van der Waals surface area contributed by atoms with Gasteiger partial charge in [0.2, 0.25) is 0 Å². The molecule has 49 heavy (non-hydrogen) atoms. The molecule has 2 aliphatic rings. The number of hydrogen-bond acceptors (Lipinski definition) is 7. The summed E-state index contributed by atoms with van der Waals surface area (Å²) in [6.45, 7) is 12.3. The molecule has 0 heterocycles. The van der Waals surface area contributed by atoms with Crippen LogP contribution >= 0.6 is 10.3 Å². The zero-order valence-electron chi connectivity index (χ0n) is 29.9. The van der Waals surface area contributed by atoms with Gasteiger partial charge in [0.05, 0.1) is 31.0 Å². The van der Waals surface area contributed by atoms with Crippen molar-refractivity contribution in [3.8, 4) is 17.2 Å². The molecule has 0 saturated heterocycles. The highest BCUT2D eigenvalue weighted by Gasteiger charge is 2.65. The standard InChI is InChI=1S/C40H54O7S2/c1-6-9-26-44-32-12-18-35(19-13-32)49(36-20-14-33(15-21-36)45-27-10-7-2,37-22-16-34(17-23-37)46-28-11-8-3)47-48(42,43)30-40-25-24-31(29-38(40)41)39(40,4)5/h12-23,31H,6-11,24-30H2,1-5H3. The van der Waals surface area contributed by atoms with E-state index in [1.54, 1.807) is 0 Å². The van der Waals surface area contributed by atoms with Crippen LogP contribution in [0.1, 0.15) is 92.4 Å². The summed E-state index contributed by atoms with van der Waals surface area (Å²) < 4.78 is 54.0. The molecule has 0 N–H and O–H groups in total. The number of unbranched alkanes of at least 4 members (excludes halogenated alkanes) is 3. The van der Waals surface area contributed by atoms with E-state index in [-0.39, 0.29) is 17.5 Å². The van der Waals surface area contributed by atoms with Gasteiger partial charge < -0.3 is 14.2 Å². The second-order valence-electron chi connectivity index (χ2n) is 14.0. The number of carbonyl (C=O) groups is 1. The Labute approximate surface area is 295 Å². The Hall–Kier alpha value is -3.01. The maximum atomic E-state index is 14.6. The Balaban J connectivity index is 1.63. The first-order valence-electron chi connectivity index (χ1n) is 18.0. The lowest BCUT2D eigenvalue weighted by molar-refractivity contribution is -0.128. The summed E-state index contributed by atoms with van der Waals surface area (Å²) in [6.07, 6.45) is 7.73. The van der Waals surface area contributed by atoms with Gasteiger partial charge in [0.25, 0.3) is 10.1 Å². The third-order valence-electron chi connectivity index (χ3n) is 10.5. The minimum Gasteiger partial charge on any atom is -0.494 e. The molecule has 0 amide bonds. The molecule has 2 aliphatic carbocycles. The fraction of sp³-hybridized carbons (Fsp3) is 0.525. The molecule has 5 rings (SSSR count). The zero-order valence-corrected chi connectivity index (χ0v) is 31.5. The number of carbonyl (C=O) groups excluding carboxylic acids is 1. The van der Waals surface area contributed by atoms with Crippen molar-refractivity contribution in [3.05, 3.63) is 72.8 Å². The summed E-state index contributed by atoms with van der Waals surface area (Å²) >= 11 is 0. The Bertz CT molecular complexity index is 1500. The number of ether oxygens (including phenoxy) is 3. The molecular formula is C40H54O7S2. The SMILES string of the molecule is CCCCOc1ccc(S(OS(=O)(=O)CC23CCC(CC2=O)C3(C)C)(c2ccc(OCCCC)cc2)c2ccc(OCCCC)cc2)cc1. The van der Waals surface area contributed by atoms with Crippen molar-refractivity contribution in [1.82, 2.24) is 0 Å². The van der Waals surface area contributed by atoms with Gasteiger partial charge in [-0.25, -0.2) is 3.63 Å². The summed E-state index contributed by atoms with van der Waals surface area (Å²) in [5, 5.41) is 0. The average Bonchev–Trinajstić information content (AvgIpc) is 3.43. The van der Waals surface area contributed by atoms with Crippen molar-refractivity contribution < 1.29 is 31.1 Å². The summed E-state index contributed by atoms with van der Waals surface area (Å²) in [6, 6.07) is 22.8. The Kier molecular flexibility index (Phi) is 12.1. The highest BCUT2D eigenvalue weighted by Crippen LogP contribution is 2.71. The topological polar surface area (TPSA) is 88.1 Å². The number of ketones is 1. The minimum absolute atomic E-state index is 0.0391. The second-order valence-corrected chi connectivity index (χ2v) is 18.5. The van der Waals surface area contributed by atoms with Gasteiger partial charge in [-0.05, 0) is 127 Å². The van der Waals surface area contributed by atoms with Gasteiger partial charge in [-0.15, -0.1) is 0 Å². The van der Waals surface area contributed by atoms with Crippen molar-refractivity contribution in [2.45, 2.75) is 107 Å². The minimum atomic E-state index is -4.28. The lowest BCUT2D eigenvalue weighted by Gasteiger charge is -2.41. The van der Waals surface area contributed by atoms with E-state index in [0.717, 1.165) is 44.9 Å². The van der Waals surface area contributed by atoms with Crippen LogP contribution in [0.3, 0.4) is 0 Å². The normalized spacial score (nSPS) is 20.3. The van der Waals surface area contributed by atoms with E-state index >= 15 is 0 Å². The highest BCUT2D eigenvalue weighted by molar-refractivity contribution is 8.33. The van der Waals surface area contributed by atoms with Crippen LogP contribution in [0, 0.1) is 16.7 Å². The fourth-order valence-corrected chi connectivity index (χ4v) is 13.3. The maximum Gasteiger partial charge on any atom is 0.278 e. The molecule has 2 bridgehead atoms. The van der Waals surface area contributed by atoms with Crippen LogP contribution in [0.25, 0.3) is 0 Å². The average molecular weight is 711 g/mol. The third-order valence-corrected chi connectivity index (χ3v) is 15.8. The number of benzene rings is 3. The smallest absolute Gasteiger partial charge is 0.278 e. The van der Waals surface area contributed by atoms with E-state index in [1.165, 1.54) is 0 Å². The lowest BCUT2D eigenvalue weighted by atomic mass is 9.70. The van der Waals surface area contributed by atoms with Crippen molar-refractivity contribution in [1.29, 1.82) is 0 Å². The van der Waals surface area contributed by atoms with Gasteiger partial charge in [-0.1, -0.05) is 53.9 Å². The predicted octanol–water partition coefficient (Wildman–Crippen LogP) is 10.2. The van der Waals surface area contributed by atoms with Crippen molar-refractivity contribution in [3.63, 3.8) is 0 Å². The summed E-state index contributed by atoms with van der Waals surface area (Å²) in [4.78, 5) is 15.6. The Morgan fingerprint density at radius 1 is 0.653 bits per heavy atom. The number of Topliss-reactive ketones (excluding diaryl/α,β-unsaturated/α-hetero) is 1. The van der Waals surface area contributed by atoms with Gasteiger partial charge in [0, 0.05) is 21.1 Å². The van der Waals surface area contributed by atoms with Crippen LogP contribution in [0.15, 0.2) is 87.5 Å². The van der Waals surface area contributed by atoms with E-state index in [9.17, 15) is 13.2 Å². The molecule has 3 aromatic rings. The van der Waals surface area contributed by atoms with Crippen molar-refractivity contribution in [2.24, 2.45) is 16.7 Å². The van der Waals surface area contributed by atoms with Crippen molar-refractivity contribution >= 4 is 26.2 Å². The molecule has 268 valence electrons. The molecule has 2 saturated carbocycles. The van der Waals surface area contributed by atoms with Gasteiger partial charge in [0.15, 0.2) is 0 Å². The number of fused-ring (bicyclic) bond motifs is 2. The van der Waals surface area contributed by atoms with Crippen LogP contribution < -0.4 is 14.2 Å². The van der Waals surface area contributed by atoms with Crippen LogP contribution in [0.4, 0.5) is 0 Å². The molecule has 0 radical (unpaired) electrons. The van der Waals surface area contributed by atoms with E-state index < -0.39 is 31.3 Å². The first-order chi connectivity index (χ1) is 23.5.